The topological polar surface area (TPSA) is 48.1 Å². The van der Waals surface area contributed by atoms with E-state index >= 15 is 0 Å². The van der Waals surface area contributed by atoms with Crippen LogP contribution in [0.25, 0.3) is 0 Å². The first kappa shape index (κ1) is 15.0. The second-order valence-corrected chi connectivity index (χ2v) is 5.85. The molecule has 0 saturated heterocycles. The number of nitrogens with two attached hydrogens (primary N) is 1. The smallest absolute Gasteiger partial charge is 0.130 e. The molecule has 0 spiro atoms. The average Bonchev–Trinajstić information content (AvgIpc) is 2.39. The van der Waals surface area contributed by atoms with Crippen LogP contribution in [0.3, 0.4) is 0 Å². The van der Waals surface area contributed by atoms with Gasteiger partial charge in [-0.15, -0.1) is 0 Å². The Kier molecular flexibility index (Phi) is 5.15. The summed E-state index contributed by atoms with van der Waals surface area (Å²) in [6.45, 7) is 4.45. The van der Waals surface area contributed by atoms with Crippen molar-refractivity contribution in [1.29, 1.82) is 0 Å². The maximum atomic E-state index is 5.85. The van der Waals surface area contributed by atoms with Crippen molar-refractivity contribution in [3.8, 4) is 5.75 Å². The molecule has 0 fully saturated rings. The number of benzene rings is 1. The molecule has 0 bridgehead atoms. The Hall–Kier alpha value is -1.39. The summed E-state index contributed by atoms with van der Waals surface area (Å²) >= 11 is 3.54. The fraction of sp³-hybridized carbons (Fsp3) is 0.312. The van der Waals surface area contributed by atoms with Crippen molar-refractivity contribution in [3.05, 3.63) is 57.8 Å². The molecule has 0 aliphatic heterocycles. The summed E-state index contributed by atoms with van der Waals surface area (Å²) in [5.74, 6) is 0.840. The predicted molar refractivity (Wildman–Crippen MR) is 84.8 cm³/mol. The van der Waals surface area contributed by atoms with Gasteiger partial charge in [-0.25, -0.2) is 0 Å². The molecule has 20 heavy (non-hydrogen) atoms. The van der Waals surface area contributed by atoms with Gasteiger partial charge in [-0.3, -0.25) is 4.98 Å². The molecule has 0 aliphatic carbocycles. The molecule has 1 unspecified atom stereocenters. The third-order valence-corrected chi connectivity index (χ3v) is 3.67. The summed E-state index contributed by atoms with van der Waals surface area (Å²) in [4.78, 5) is 4.42. The Balaban J connectivity index is 2.06. The number of pyridine rings is 1. The Morgan fingerprint density at radius 3 is 2.80 bits per heavy atom. The van der Waals surface area contributed by atoms with Crippen LogP contribution in [-0.2, 0) is 13.0 Å². The molecule has 1 atom stereocenters. The van der Waals surface area contributed by atoms with Crippen molar-refractivity contribution in [3.63, 3.8) is 0 Å². The summed E-state index contributed by atoms with van der Waals surface area (Å²) in [6, 6.07) is 12.0. The van der Waals surface area contributed by atoms with Crippen LogP contribution in [0.2, 0.25) is 0 Å². The summed E-state index contributed by atoms with van der Waals surface area (Å²) in [5.41, 5.74) is 8.95. The lowest BCUT2D eigenvalue weighted by molar-refractivity contribution is 0.300. The maximum absolute atomic E-state index is 5.85. The Morgan fingerprint density at radius 2 is 2.10 bits per heavy atom. The standard InChI is InChI=1S/C16H19BrN2O/c1-11(18)8-13-9-15(6-7-16(13)17)20-10-14-5-3-4-12(2)19-14/h3-7,9,11H,8,10,18H2,1-2H3. The van der Waals surface area contributed by atoms with Gasteiger partial charge >= 0.3 is 0 Å². The molecule has 0 saturated carbocycles. The molecule has 4 heteroatoms. The molecule has 0 amide bonds. The van der Waals surface area contributed by atoms with E-state index in [1.165, 1.54) is 0 Å². The summed E-state index contributed by atoms with van der Waals surface area (Å²) < 4.78 is 6.87. The van der Waals surface area contributed by atoms with Crippen molar-refractivity contribution >= 4 is 15.9 Å². The van der Waals surface area contributed by atoms with E-state index in [1.807, 2.05) is 50.2 Å². The first-order valence-electron chi connectivity index (χ1n) is 6.64. The fourth-order valence-electron chi connectivity index (χ4n) is 1.98. The van der Waals surface area contributed by atoms with E-state index in [2.05, 4.69) is 20.9 Å². The van der Waals surface area contributed by atoms with E-state index in [1.54, 1.807) is 0 Å². The van der Waals surface area contributed by atoms with E-state index in [9.17, 15) is 0 Å². The van der Waals surface area contributed by atoms with Gasteiger partial charge in [0.2, 0.25) is 0 Å². The predicted octanol–water partition coefficient (Wildman–Crippen LogP) is 3.62. The van der Waals surface area contributed by atoms with Crippen LogP contribution >= 0.6 is 15.9 Å². The molecule has 2 aromatic rings. The first-order valence-corrected chi connectivity index (χ1v) is 7.43. The molecule has 1 aromatic heterocycles. The Labute approximate surface area is 128 Å². The SMILES string of the molecule is Cc1cccc(COc2ccc(Br)c(CC(C)N)c2)n1. The van der Waals surface area contributed by atoms with Crippen LogP contribution in [0, 0.1) is 6.92 Å². The van der Waals surface area contributed by atoms with E-state index < -0.39 is 0 Å². The van der Waals surface area contributed by atoms with E-state index in [0.717, 1.165) is 33.6 Å². The summed E-state index contributed by atoms with van der Waals surface area (Å²) in [7, 11) is 0. The van der Waals surface area contributed by atoms with Crippen molar-refractivity contribution in [2.24, 2.45) is 5.73 Å². The molecular formula is C16H19BrN2O. The third-order valence-electron chi connectivity index (χ3n) is 2.89. The highest BCUT2D eigenvalue weighted by atomic mass is 79.9. The molecular weight excluding hydrogens is 316 g/mol. The summed E-state index contributed by atoms with van der Waals surface area (Å²) in [5, 5.41) is 0. The van der Waals surface area contributed by atoms with Crippen LogP contribution in [0.5, 0.6) is 5.75 Å². The van der Waals surface area contributed by atoms with Crippen LogP contribution in [-0.4, -0.2) is 11.0 Å². The van der Waals surface area contributed by atoms with Gasteiger partial charge < -0.3 is 10.5 Å². The van der Waals surface area contributed by atoms with Crippen molar-refractivity contribution in [2.75, 3.05) is 0 Å². The van der Waals surface area contributed by atoms with Crippen molar-refractivity contribution in [2.45, 2.75) is 32.9 Å². The van der Waals surface area contributed by atoms with Crippen LogP contribution in [0.15, 0.2) is 40.9 Å². The number of nitrogens with zero attached hydrogens (tertiary/aromatic N) is 1. The number of aryl methyl sites for hydroxylation is 1. The normalized spacial score (nSPS) is 12.2. The van der Waals surface area contributed by atoms with Crippen LogP contribution in [0.1, 0.15) is 23.9 Å². The highest BCUT2D eigenvalue weighted by Crippen LogP contribution is 2.24. The molecule has 3 nitrogen and oxygen atoms in total. The Bertz CT molecular complexity index is 584. The lowest BCUT2D eigenvalue weighted by atomic mass is 10.1. The molecule has 2 rings (SSSR count). The average molecular weight is 335 g/mol. The molecule has 1 heterocycles. The number of hydrogen-bond donors (Lipinski definition) is 1. The zero-order valence-electron chi connectivity index (χ0n) is 11.8. The summed E-state index contributed by atoms with van der Waals surface area (Å²) in [6.07, 6.45) is 0.820. The molecule has 2 N–H and O–H groups in total. The molecule has 0 radical (unpaired) electrons. The largest absolute Gasteiger partial charge is 0.487 e. The number of rotatable bonds is 5. The van der Waals surface area contributed by atoms with E-state index in [-0.39, 0.29) is 6.04 Å². The second-order valence-electron chi connectivity index (χ2n) is 4.99. The van der Waals surface area contributed by atoms with Gasteiger partial charge in [-0.2, -0.15) is 0 Å². The lowest BCUT2D eigenvalue weighted by Crippen LogP contribution is -2.18. The quantitative estimate of drug-likeness (QED) is 0.908. The zero-order valence-corrected chi connectivity index (χ0v) is 13.4. The van der Waals surface area contributed by atoms with Gasteiger partial charge in [-0.1, -0.05) is 22.0 Å². The molecule has 106 valence electrons. The van der Waals surface area contributed by atoms with Gasteiger partial charge in [0.05, 0.1) is 5.69 Å². The minimum absolute atomic E-state index is 0.125. The number of aromatic nitrogens is 1. The molecule has 0 aliphatic rings. The van der Waals surface area contributed by atoms with E-state index in [0.29, 0.717) is 6.61 Å². The van der Waals surface area contributed by atoms with E-state index in [4.69, 9.17) is 10.5 Å². The third kappa shape index (κ3) is 4.32. The van der Waals surface area contributed by atoms with Gasteiger partial charge in [-0.05, 0) is 56.2 Å². The van der Waals surface area contributed by atoms with Gasteiger partial charge in [0.1, 0.15) is 12.4 Å². The minimum Gasteiger partial charge on any atom is -0.487 e. The number of ether oxygens (including phenoxy) is 1. The van der Waals surface area contributed by atoms with Crippen LogP contribution in [0.4, 0.5) is 0 Å². The van der Waals surface area contributed by atoms with Crippen molar-refractivity contribution in [1.82, 2.24) is 4.98 Å². The highest BCUT2D eigenvalue weighted by molar-refractivity contribution is 9.10. The fourth-order valence-corrected chi connectivity index (χ4v) is 2.39. The van der Waals surface area contributed by atoms with Gasteiger partial charge in [0.15, 0.2) is 0 Å². The second kappa shape index (κ2) is 6.86. The van der Waals surface area contributed by atoms with Crippen molar-refractivity contribution < 1.29 is 4.74 Å². The Morgan fingerprint density at radius 1 is 1.30 bits per heavy atom. The van der Waals surface area contributed by atoms with Crippen LogP contribution < -0.4 is 10.5 Å². The van der Waals surface area contributed by atoms with Gasteiger partial charge in [0.25, 0.3) is 0 Å². The molecule has 1 aromatic carbocycles. The monoisotopic (exact) mass is 334 g/mol. The zero-order chi connectivity index (χ0) is 14.5. The highest BCUT2D eigenvalue weighted by Gasteiger charge is 2.06. The van der Waals surface area contributed by atoms with Gasteiger partial charge in [0, 0.05) is 16.2 Å². The maximum Gasteiger partial charge on any atom is 0.130 e. The first-order chi connectivity index (χ1) is 9.54. The lowest BCUT2D eigenvalue weighted by Gasteiger charge is -2.11. The number of hydrogen-bond acceptors (Lipinski definition) is 3. The number of halogens is 1. The minimum atomic E-state index is 0.125.